The topological polar surface area (TPSA) is 53.0 Å². The highest BCUT2D eigenvalue weighted by atomic mass is 15.2. The van der Waals surface area contributed by atoms with Gasteiger partial charge >= 0.3 is 0 Å². The molecule has 0 spiro atoms. The Morgan fingerprint density at radius 3 is 2.43 bits per heavy atom. The van der Waals surface area contributed by atoms with Crippen LogP contribution in [-0.4, -0.2) is 30.1 Å². The molecule has 82 valence electrons. The van der Waals surface area contributed by atoms with Gasteiger partial charge in [0, 0.05) is 12.6 Å². The van der Waals surface area contributed by atoms with Crippen LogP contribution < -0.4 is 5.73 Å². The normalized spacial score (nSPS) is 13.2. The number of hydrogen-bond donors (Lipinski definition) is 1. The summed E-state index contributed by atoms with van der Waals surface area (Å²) in [5, 5.41) is 8.64. The summed E-state index contributed by atoms with van der Waals surface area (Å²) in [4.78, 5) is 2.28. The Kier molecular flexibility index (Phi) is 7.45. The monoisotopic (exact) mass is 197 g/mol. The average Bonchev–Trinajstić information content (AvgIpc) is 2.16. The van der Waals surface area contributed by atoms with E-state index < -0.39 is 0 Å². The Bertz CT molecular complexity index is 172. The van der Waals surface area contributed by atoms with Crippen molar-refractivity contribution in [3.05, 3.63) is 0 Å². The fourth-order valence-corrected chi connectivity index (χ4v) is 1.42. The predicted octanol–water partition coefficient (Wildman–Crippen LogP) is 1.74. The molecule has 0 aromatic rings. The van der Waals surface area contributed by atoms with Crippen LogP contribution in [0.5, 0.6) is 0 Å². The van der Waals surface area contributed by atoms with Crippen molar-refractivity contribution in [3.63, 3.8) is 0 Å². The number of rotatable bonds is 7. The van der Waals surface area contributed by atoms with Gasteiger partial charge in [0.15, 0.2) is 0 Å². The van der Waals surface area contributed by atoms with Crippen molar-refractivity contribution in [1.82, 2.24) is 4.90 Å². The van der Waals surface area contributed by atoms with Gasteiger partial charge < -0.3 is 5.73 Å². The van der Waals surface area contributed by atoms with Gasteiger partial charge in [-0.15, -0.1) is 0 Å². The van der Waals surface area contributed by atoms with Gasteiger partial charge in [0.2, 0.25) is 0 Å². The van der Waals surface area contributed by atoms with E-state index in [-0.39, 0.29) is 6.04 Å². The van der Waals surface area contributed by atoms with E-state index in [1.54, 1.807) is 0 Å². The number of nitrogens with zero attached hydrogens (tertiary/aromatic N) is 2. The molecule has 0 aromatic heterocycles. The van der Waals surface area contributed by atoms with Crippen molar-refractivity contribution in [1.29, 1.82) is 5.26 Å². The standard InChI is InChI=1S/C11H23N3/c1-4-5-6-7-14(10(2)3)9-11(13)8-12/h10-11H,4-7,9,13H2,1-3H3. The van der Waals surface area contributed by atoms with Crippen LogP contribution >= 0.6 is 0 Å². The lowest BCUT2D eigenvalue weighted by Gasteiger charge is -2.27. The van der Waals surface area contributed by atoms with Gasteiger partial charge in [-0.1, -0.05) is 19.8 Å². The number of nitriles is 1. The lowest BCUT2D eigenvalue weighted by Crippen LogP contribution is -2.41. The predicted molar refractivity (Wildman–Crippen MR) is 59.8 cm³/mol. The average molecular weight is 197 g/mol. The van der Waals surface area contributed by atoms with Gasteiger partial charge in [-0.2, -0.15) is 5.26 Å². The van der Waals surface area contributed by atoms with Crippen molar-refractivity contribution in [2.75, 3.05) is 13.1 Å². The zero-order valence-electron chi connectivity index (χ0n) is 9.66. The van der Waals surface area contributed by atoms with E-state index in [0.29, 0.717) is 12.6 Å². The molecule has 0 radical (unpaired) electrons. The van der Waals surface area contributed by atoms with Crippen molar-refractivity contribution >= 4 is 0 Å². The second-order valence-corrected chi connectivity index (χ2v) is 4.03. The molecule has 0 bridgehead atoms. The van der Waals surface area contributed by atoms with E-state index >= 15 is 0 Å². The van der Waals surface area contributed by atoms with Gasteiger partial charge in [0.25, 0.3) is 0 Å². The van der Waals surface area contributed by atoms with Gasteiger partial charge in [-0.3, -0.25) is 4.90 Å². The summed E-state index contributed by atoms with van der Waals surface area (Å²) in [7, 11) is 0. The highest BCUT2D eigenvalue weighted by Crippen LogP contribution is 2.03. The fraction of sp³-hybridized carbons (Fsp3) is 0.909. The molecular weight excluding hydrogens is 174 g/mol. The first kappa shape index (κ1) is 13.4. The maximum atomic E-state index is 8.64. The summed E-state index contributed by atoms with van der Waals surface area (Å²) in [6, 6.07) is 2.21. The molecule has 14 heavy (non-hydrogen) atoms. The molecule has 1 atom stereocenters. The van der Waals surface area contributed by atoms with Crippen LogP contribution in [0, 0.1) is 11.3 Å². The van der Waals surface area contributed by atoms with Gasteiger partial charge in [-0.25, -0.2) is 0 Å². The molecular formula is C11H23N3. The van der Waals surface area contributed by atoms with Crippen LogP contribution in [-0.2, 0) is 0 Å². The zero-order chi connectivity index (χ0) is 11.0. The van der Waals surface area contributed by atoms with Gasteiger partial charge in [0.1, 0.15) is 6.04 Å². The number of unbranched alkanes of at least 4 members (excludes halogenated alkanes) is 2. The first-order chi connectivity index (χ1) is 6.61. The molecule has 3 nitrogen and oxygen atoms in total. The Morgan fingerprint density at radius 1 is 1.36 bits per heavy atom. The van der Waals surface area contributed by atoms with Crippen molar-refractivity contribution in [2.24, 2.45) is 5.73 Å². The first-order valence-electron chi connectivity index (χ1n) is 5.51. The third-order valence-electron chi connectivity index (χ3n) is 2.38. The minimum absolute atomic E-state index is 0.348. The van der Waals surface area contributed by atoms with Crippen molar-refractivity contribution in [2.45, 2.75) is 52.1 Å². The summed E-state index contributed by atoms with van der Waals surface area (Å²) < 4.78 is 0. The van der Waals surface area contributed by atoms with E-state index in [4.69, 9.17) is 11.0 Å². The molecule has 0 aliphatic heterocycles. The SMILES string of the molecule is CCCCCN(CC(N)C#N)C(C)C. The quantitative estimate of drug-likeness (QED) is 0.632. The maximum absolute atomic E-state index is 8.64. The lowest BCUT2D eigenvalue weighted by atomic mass is 10.2. The Balaban J connectivity index is 3.85. The molecule has 0 aromatic carbocycles. The van der Waals surface area contributed by atoms with Crippen molar-refractivity contribution < 1.29 is 0 Å². The Hall–Kier alpha value is -0.590. The largest absolute Gasteiger partial charge is 0.315 e. The van der Waals surface area contributed by atoms with Crippen LogP contribution in [0.3, 0.4) is 0 Å². The highest BCUT2D eigenvalue weighted by Gasteiger charge is 2.12. The molecule has 0 saturated carbocycles. The molecule has 0 amide bonds. The van der Waals surface area contributed by atoms with Crippen LogP contribution in [0.1, 0.15) is 40.0 Å². The minimum Gasteiger partial charge on any atom is -0.315 e. The van der Waals surface area contributed by atoms with E-state index in [2.05, 4.69) is 31.7 Å². The second-order valence-electron chi connectivity index (χ2n) is 4.03. The van der Waals surface area contributed by atoms with Crippen molar-refractivity contribution in [3.8, 4) is 6.07 Å². The Morgan fingerprint density at radius 2 is 2.00 bits per heavy atom. The second kappa shape index (κ2) is 7.78. The minimum atomic E-state index is -0.348. The van der Waals surface area contributed by atoms with Gasteiger partial charge in [-0.05, 0) is 26.8 Å². The summed E-state index contributed by atoms with van der Waals surface area (Å²) in [5.41, 5.74) is 5.61. The first-order valence-corrected chi connectivity index (χ1v) is 5.51. The molecule has 0 aliphatic carbocycles. The summed E-state index contributed by atoms with van der Waals surface area (Å²) in [5.74, 6) is 0. The third-order valence-corrected chi connectivity index (χ3v) is 2.38. The Labute approximate surface area is 87.9 Å². The smallest absolute Gasteiger partial charge is 0.106 e. The maximum Gasteiger partial charge on any atom is 0.106 e. The molecule has 0 heterocycles. The van der Waals surface area contributed by atoms with Crippen LogP contribution in [0.2, 0.25) is 0 Å². The molecule has 1 unspecified atom stereocenters. The molecule has 0 fully saturated rings. The van der Waals surface area contributed by atoms with E-state index in [1.165, 1.54) is 19.3 Å². The van der Waals surface area contributed by atoms with Gasteiger partial charge in [0.05, 0.1) is 6.07 Å². The lowest BCUT2D eigenvalue weighted by molar-refractivity contribution is 0.213. The number of nitrogens with two attached hydrogens (primary N) is 1. The molecule has 0 rings (SSSR count). The summed E-state index contributed by atoms with van der Waals surface area (Å²) in [6.45, 7) is 8.24. The summed E-state index contributed by atoms with van der Waals surface area (Å²) in [6.07, 6.45) is 3.69. The summed E-state index contributed by atoms with van der Waals surface area (Å²) >= 11 is 0. The molecule has 0 saturated heterocycles. The van der Waals surface area contributed by atoms with Crippen LogP contribution in [0.15, 0.2) is 0 Å². The molecule has 3 heteroatoms. The van der Waals surface area contributed by atoms with E-state index in [0.717, 1.165) is 6.54 Å². The molecule has 2 N–H and O–H groups in total. The van der Waals surface area contributed by atoms with Crippen LogP contribution in [0.4, 0.5) is 0 Å². The fourth-order valence-electron chi connectivity index (χ4n) is 1.42. The zero-order valence-corrected chi connectivity index (χ0v) is 9.66. The number of hydrogen-bond acceptors (Lipinski definition) is 3. The van der Waals surface area contributed by atoms with E-state index in [9.17, 15) is 0 Å². The third kappa shape index (κ3) is 5.95. The van der Waals surface area contributed by atoms with E-state index in [1.807, 2.05) is 0 Å². The van der Waals surface area contributed by atoms with Crippen LogP contribution in [0.25, 0.3) is 0 Å². The highest BCUT2D eigenvalue weighted by molar-refractivity contribution is 4.89. The molecule has 0 aliphatic rings.